The van der Waals surface area contributed by atoms with E-state index in [2.05, 4.69) is 72.0 Å². The Bertz CT molecular complexity index is 433. The van der Waals surface area contributed by atoms with E-state index in [-0.39, 0.29) is 0 Å². The van der Waals surface area contributed by atoms with E-state index >= 15 is 0 Å². The molecule has 106 valence electrons. The maximum Gasteiger partial charge on any atom is 0.0516 e. The van der Waals surface area contributed by atoms with Gasteiger partial charge in [-0.3, -0.25) is 0 Å². The van der Waals surface area contributed by atoms with Crippen LogP contribution in [-0.4, -0.2) is 25.2 Å². The summed E-state index contributed by atoms with van der Waals surface area (Å²) in [6, 6.07) is 7.67. The fourth-order valence-electron chi connectivity index (χ4n) is 2.74. The van der Waals surface area contributed by atoms with Gasteiger partial charge in [0.2, 0.25) is 0 Å². The van der Waals surface area contributed by atoms with Crippen molar-refractivity contribution in [1.82, 2.24) is 5.32 Å². The third-order valence-electron chi connectivity index (χ3n) is 4.41. The quantitative estimate of drug-likeness (QED) is 0.905. The average Bonchev–Trinajstić information content (AvgIpc) is 2.42. The summed E-state index contributed by atoms with van der Waals surface area (Å²) >= 11 is 3.76. The molecule has 3 heteroatoms. The molecule has 0 spiro atoms. The highest BCUT2D eigenvalue weighted by molar-refractivity contribution is 9.10. The molecule has 2 rings (SSSR count). The Morgan fingerprint density at radius 2 is 2.21 bits per heavy atom. The van der Waals surface area contributed by atoms with E-state index in [1.807, 2.05) is 0 Å². The van der Waals surface area contributed by atoms with Gasteiger partial charge in [0.25, 0.3) is 0 Å². The molecule has 19 heavy (non-hydrogen) atoms. The molecule has 1 aliphatic heterocycles. The van der Waals surface area contributed by atoms with Gasteiger partial charge in [0.05, 0.1) is 5.69 Å². The van der Waals surface area contributed by atoms with Gasteiger partial charge >= 0.3 is 0 Å². The highest BCUT2D eigenvalue weighted by Gasteiger charge is 2.28. The number of anilines is 1. The second-order valence-corrected chi connectivity index (χ2v) is 6.60. The second-order valence-electron chi connectivity index (χ2n) is 5.81. The maximum absolute atomic E-state index is 3.76. The molecule has 0 radical (unpaired) electrons. The fraction of sp³-hybridized carbons (Fsp3) is 0.625. The number of hydrogen-bond donors (Lipinski definition) is 1. The number of benzene rings is 1. The summed E-state index contributed by atoms with van der Waals surface area (Å²) in [5.74, 6) is 0.721. The minimum absolute atomic E-state index is 0.540. The van der Waals surface area contributed by atoms with Crippen LogP contribution in [-0.2, 0) is 0 Å². The monoisotopic (exact) mass is 324 g/mol. The number of hydrogen-bond acceptors (Lipinski definition) is 2. The van der Waals surface area contributed by atoms with Crippen LogP contribution in [0, 0.1) is 12.8 Å². The lowest BCUT2D eigenvalue weighted by atomic mass is 9.95. The molecule has 1 N–H and O–H groups in total. The van der Waals surface area contributed by atoms with Gasteiger partial charge in [-0.15, -0.1) is 0 Å². The molecule has 0 aromatic heterocycles. The summed E-state index contributed by atoms with van der Waals surface area (Å²) in [6.45, 7) is 11.2. The van der Waals surface area contributed by atoms with Crippen LogP contribution in [0.3, 0.4) is 0 Å². The van der Waals surface area contributed by atoms with Crippen molar-refractivity contribution >= 4 is 21.6 Å². The Balaban J connectivity index is 2.24. The molecule has 1 fully saturated rings. The smallest absolute Gasteiger partial charge is 0.0516 e. The number of halogens is 1. The zero-order chi connectivity index (χ0) is 14.0. The molecule has 1 aromatic rings. The number of rotatable bonds is 3. The lowest BCUT2D eigenvalue weighted by molar-refractivity contribution is 0.315. The Kier molecular flexibility index (Phi) is 4.91. The van der Waals surface area contributed by atoms with Crippen molar-refractivity contribution in [3.05, 3.63) is 28.2 Å². The van der Waals surface area contributed by atoms with E-state index in [1.165, 1.54) is 22.1 Å². The first kappa shape index (κ1) is 14.9. The molecular formula is C16H25BrN2. The van der Waals surface area contributed by atoms with Crippen LogP contribution < -0.4 is 10.2 Å². The van der Waals surface area contributed by atoms with Crippen LogP contribution in [0.15, 0.2) is 22.7 Å². The summed E-state index contributed by atoms with van der Waals surface area (Å²) in [5, 5.41) is 3.70. The SMILES string of the molecule is CCC(C)C1CN(c2cccc(C)c2Br)C(C)CN1. The molecule has 3 unspecified atom stereocenters. The van der Waals surface area contributed by atoms with Crippen molar-refractivity contribution in [3.63, 3.8) is 0 Å². The first-order chi connectivity index (χ1) is 9.04. The Morgan fingerprint density at radius 1 is 1.47 bits per heavy atom. The predicted octanol–water partition coefficient (Wildman–Crippen LogP) is 3.97. The Hall–Kier alpha value is -0.540. The third-order valence-corrected chi connectivity index (χ3v) is 5.44. The van der Waals surface area contributed by atoms with Crippen LogP contribution in [0.2, 0.25) is 0 Å². The molecule has 3 atom stereocenters. The van der Waals surface area contributed by atoms with Gasteiger partial charge in [-0.05, 0) is 47.3 Å². The summed E-state index contributed by atoms with van der Waals surface area (Å²) in [6.07, 6.45) is 1.23. The Labute approximate surface area is 125 Å². The van der Waals surface area contributed by atoms with Gasteiger partial charge in [0.1, 0.15) is 0 Å². The van der Waals surface area contributed by atoms with Crippen molar-refractivity contribution in [3.8, 4) is 0 Å². The van der Waals surface area contributed by atoms with Crippen LogP contribution in [0.5, 0.6) is 0 Å². The predicted molar refractivity (Wildman–Crippen MR) is 86.9 cm³/mol. The minimum atomic E-state index is 0.540. The van der Waals surface area contributed by atoms with Crippen molar-refractivity contribution in [2.45, 2.75) is 46.2 Å². The molecular weight excluding hydrogens is 300 g/mol. The van der Waals surface area contributed by atoms with E-state index in [0.717, 1.165) is 19.0 Å². The van der Waals surface area contributed by atoms with Gasteiger partial charge < -0.3 is 10.2 Å². The van der Waals surface area contributed by atoms with E-state index in [4.69, 9.17) is 0 Å². The van der Waals surface area contributed by atoms with Crippen LogP contribution in [0.1, 0.15) is 32.8 Å². The molecule has 0 amide bonds. The van der Waals surface area contributed by atoms with Gasteiger partial charge in [0, 0.05) is 29.6 Å². The van der Waals surface area contributed by atoms with Crippen molar-refractivity contribution in [2.75, 3.05) is 18.0 Å². The summed E-state index contributed by atoms with van der Waals surface area (Å²) in [7, 11) is 0. The molecule has 0 bridgehead atoms. The van der Waals surface area contributed by atoms with Crippen molar-refractivity contribution in [1.29, 1.82) is 0 Å². The summed E-state index contributed by atoms with van der Waals surface area (Å²) in [5.41, 5.74) is 2.64. The van der Waals surface area contributed by atoms with E-state index in [0.29, 0.717) is 12.1 Å². The normalized spacial score (nSPS) is 25.4. The van der Waals surface area contributed by atoms with Crippen molar-refractivity contribution in [2.24, 2.45) is 5.92 Å². The van der Waals surface area contributed by atoms with Gasteiger partial charge in [0.15, 0.2) is 0 Å². The zero-order valence-corrected chi connectivity index (χ0v) is 14.0. The highest BCUT2D eigenvalue weighted by Crippen LogP contribution is 2.32. The number of nitrogens with zero attached hydrogens (tertiary/aromatic N) is 1. The summed E-state index contributed by atoms with van der Waals surface area (Å²) in [4.78, 5) is 2.55. The third kappa shape index (κ3) is 3.14. The standard InChI is InChI=1S/C16H25BrN2/c1-5-11(2)14-10-19(13(4)9-18-14)15-8-6-7-12(3)16(15)17/h6-8,11,13-14,18H,5,9-10H2,1-4H3. The first-order valence-corrected chi connectivity index (χ1v) is 8.09. The zero-order valence-electron chi connectivity index (χ0n) is 12.4. The number of aryl methyl sites for hydroxylation is 1. The van der Waals surface area contributed by atoms with E-state index < -0.39 is 0 Å². The highest BCUT2D eigenvalue weighted by atomic mass is 79.9. The second kappa shape index (κ2) is 6.27. The van der Waals surface area contributed by atoms with E-state index in [9.17, 15) is 0 Å². The molecule has 1 heterocycles. The van der Waals surface area contributed by atoms with E-state index in [1.54, 1.807) is 0 Å². The van der Waals surface area contributed by atoms with Gasteiger partial charge in [-0.2, -0.15) is 0 Å². The van der Waals surface area contributed by atoms with Crippen LogP contribution in [0.4, 0.5) is 5.69 Å². The molecule has 1 saturated heterocycles. The van der Waals surface area contributed by atoms with Crippen molar-refractivity contribution < 1.29 is 0 Å². The fourth-order valence-corrected chi connectivity index (χ4v) is 3.24. The van der Waals surface area contributed by atoms with Crippen LogP contribution >= 0.6 is 15.9 Å². The minimum Gasteiger partial charge on any atom is -0.365 e. The Morgan fingerprint density at radius 3 is 2.89 bits per heavy atom. The maximum atomic E-state index is 3.76. The molecule has 2 nitrogen and oxygen atoms in total. The summed E-state index contributed by atoms with van der Waals surface area (Å²) < 4.78 is 1.24. The molecule has 1 aliphatic rings. The number of nitrogens with one attached hydrogen (secondary N) is 1. The lowest BCUT2D eigenvalue weighted by Crippen LogP contribution is -2.57. The number of piperazine rings is 1. The van der Waals surface area contributed by atoms with Gasteiger partial charge in [-0.1, -0.05) is 32.4 Å². The molecule has 0 saturated carbocycles. The lowest BCUT2D eigenvalue weighted by Gasteiger charge is -2.43. The van der Waals surface area contributed by atoms with Gasteiger partial charge in [-0.25, -0.2) is 0 Å². The average molecular weight is 325 g/mol. The topological polar surface area (TPSA) is 15.3 Å². The molecule has 1 aromatic carbocycles. The van der Waals surface area contributed by atoms with Crippen LogP contribution in [0.25, 0.3) is 0 Å². The largest absolute Gasteiger partial charge is 0.365 e. The first-order valence-electron chi connectivity index (χ1n) is 7.29. The molecule has 0 aliphatic carbocycles.